The predicted molar refractivity (Wildman–Crippen MR) is 54.5 cm³/mol. The summed E-state index contributed by atoms with van der Waals surface area (Å²) in [5.41, 5.74) is 0. The van der Waals surface area contributed by atoms with Crippen LogP contribution < -0.4 is 0 Å². The Morgan fingerprint density at radius 3 is 1.88 bits per heavy atom. The van der Waals surface area contributed by atoms with Gasteiger partial charge in [-0.2, -0.15) is 13.2 Å². The Labute approximate surface area is 101 Å². The first-order valence-corrected chi connectivity index (χ1v) is 5.46. The topological polar surface area (TPSA) is 40.6 Å². The lowest BCUT2D eigenvalue weighted by Gasteiger charge is -2.35. The van der Waals surface area contributed by atoms with E-state index in [0.29, 0.717) is 4.90 Å². The molecule has 1 heterocycles. The lowest BCUT2D eigenvalue weighted by Crippen LogP contribution is -2.54. The molecule has 0 aromatic heterocycles. The van der Waals surface area contributed by atoms with Gasteiger partial charge >= 0.3 is 12.1 Å². The number of carbonyl (C=O) groups excluding carboxylic acids is 2. The summed E-state index contributed by atoms with van der Waals surface area (Å²) >= 11 is 5.58. The van der Waals surface area contributed by atoms with E-state index < -0.39 is 17.5 Å². The maximum absolute atomic E-state index is 12.1. The molecule has 98 valence electrons. The van der Waals surface area contributed by atoms with Gasteiger partial charge in [-0.3, -0.25) is 9.59 Å². The summed E-state index contributed by atoms with van der Waals surface area (Å²) in [7, 11) is 0. The zero-order valence-corrected chi connectivity index (χ0v) is 9.88. The van der Waals surface area contributed by atoms with E-state index in [0.717, 1.165) is 0 Å². The molecule has 0 aliphatic carbocycles. The van der Waals surface area contributed by atoms with Gasteiger partial charge in [-0.25, -0.2) is 0 Å². The molecule has 1 unspecified atom stereocenters. The summed E-state index contributed by atoms with van der Waals surface area (Å²) in [4.78, 5) is 24.4. The number of amides is 2. The quantitative estimate of drug-likeness (QED) is 0.664. The van der Waals surface area contributed by atoms with Gasteiger partial charge in [-0.15, -0.1) is 11.6 Å². The average molecular weight is 273 g/mol. The fourth-order valence-electron chi connectivity index (χ4n) is 1.56. The van der Waals surface area contributed by atoms with Crippen LogP contribution in [0, 0.1) is 0 Å². The summed E-state index contributed by atoms with van der Waals surface area (Å²) in [6.45, 7) is 1.42. The Bertz CT molecular complexity index is 312. The fourth-order valence-corrected chi connectivity index (χ4v) is 1.70. The van der Waals surface area contributed by atoms with Crippen molar-refractivity contribution < 1.29 is 22.8 Å². The number of carbonyl (C=O) groups is 2. The number of halogens is 4. The minimum absolute atomic E-state index is 0.0811. The van der Waals surface area contributed by atoms with Crippen LogP contribution in [0.25, 0.3) is 0 Å². The largest absolute Gasteiger partial charge is 0.471 e. The maximum atomic E-state index is 12.1. The third-order valence-corrected chi connectivity index (χ3v) is 2.65. The molecule has 0 radical (unpaired) electrons. The minimum atomic E-state index is -4.86. The van der Waals surface area contributed by atoms with Gasteiger partial charge in [0.2, 0.25) is 5.91 Å². The standard InChI is InChI=1S/C9H12ClF3N2O2/c1-6(10)7(16)14-2-4-15(5-3-14)8(17)9(11,12)13/h6H,2-5H2,1H3. The second-order valence-corrected chi connectivity index (χ2v) is 4.39. The average Bonchev–Trinajstić information content (AvgIpc) is 2.26. The first kappa shape index (κ1) is 14.1. The summed E-state index contributed by atoms with van der Waals surface area (Å²) in [6.07, 6.45) is -4.86. The van der Waals surface area contributed by atoms with Gasteiger partial charge in [0.15, 0.2) is 0 Å². The SMILES string of the molecule is CC(Cl)C(=O)N1CCN(C(=O)C(F)(F)F)CC1. The van der Waals surface area contributed by atoms with Crippen LogP contribution in [-0.4, -0.2) is 59.3 Å². The third kappa shape index (κ3) is 3.49. The maximum Gasteiger partial charge on any atom is 0.471 e. The van der Waals surface area contributed by atoms with Gasteiger partial charge in [0.05, 0.1) is 0 Å². The molecule has 0 aromatic carbocycles. The smallest absolute Gasteiger partial charge is 0.338 e. The number of piperazine rings is 1. The van der Waals surface area contributed by atoms with Crippen LogP contribution in [0.15, 0.2) is 0 Å². The highest BCUT2D eigenvalue weighted by molar-refractivity contribution is 6.30. The summed E-state index contributed by atoms with van der Waals surface area (Å²) in [6, 6.07) is 0. The van der Waals surface area contributed by atoms with Gasteiger partial charge in [0.25, 0.3) is 0 Å². The van der Waals surface area contributed by atoms with Crippen molar-refractivity contribution in [1.29, 1.82) is 0 Å². The van der Waals surface area contributed by atoms with Gasteiger partial charge in [-0.1, -0.05) is 0 Å². The molecule has 1 fully saturated rings. The molecule has 1 atom stereocenters. The van der Waals surface area contributed by atoms with E-state index in [2.05, 4.69) is 0 Å². The molecular formula is C9H12ClF3N2O2. The lowest BCUT2D eigenvalue weighted by atomic mass is 10.2. The molecule has 1 rings (SSSR count). The van der Waals surface area contributed by atoms with Crippen LogP contribution in [0.5, 0.6) is 0 Å². The molecule has 1 aliphatic rings. The van der Waals surface area contributed by atoms with Crippen molar-refractivity contribution in [3.05, 3.63) is 0 Å². The van der Waals surface area contributed by atoms with Crippen molar-refractivity contribution in [2.75, 3.05) is 26.2 Å². The summed E-state index contributed by atoms with van der Waals surface area (Å²) in [5.74, 6) is -2.19. The molecule has 0 aromatic rings. The predicted octanol–water partition coefficient (Wildman–Crippen LogP) is 0.847. The van der Waals surface area contributed by atoms with Crippen LogP contribution in [0.4, 0.5) is 13.2 Å². The highest BCUT2D eigenvalue weighted by Gasteiger charge is 2.43. The van der Waals surface area contributed by atoms with E-state index in [9.17, 15) is 22.8 Å². The highest BCUT2D eigenvalue weighted by atomic mass is 35.5. The summed E-state index contributed by atoms with van der Waals surface area (Å²) < 4.78 is 36.4. The molecule has 0 saturated carbocycles. The number of alkyl halides is 4. The van der Waals surface area contributed by atoms with E-state index >= 15 is 0 Å². The number of hydrogen-bond acceptors (Lipinski definition) is 2. The Morgan fingerprint density at radius 1 is 1.12 bits per heavy atom. The van der Waals surface area contributed by atoms with Crippen molar-refractivity contribution >= 4 is 23.4 Å². The van der Waals surface area contributed by atoms with E-state index in [1.54, 1.807) is 0 Å². The third-order valence-electron chi connectivity index (χ3n) is 2.46. The van der Waals surface area contributed by atoms with E-state index in [-0.39, 0.29) is 32.1 Å². The lowest BCUT2D eigenvalue weighted by molar-refractivity contribution is -0.187. The fraction of sp³-hybridized carbons (Fsp3) is 0.778. The molecular weight excluding hydrogens is 261 g/mol. The zero-order valence-electron chi connectivity index (χ0n) is 9.13. The van der Waals surface area contributed by atoms with Gasteiger partial charge in [0.1, 0.15) is 5.38 Å². The monoisotopic (exact) mass is 272 g/mol. The molecule has 0 N–H and O–H groups in total. The molecule has 4 nitrogen and oxygen atoms in total. The van der Waals surface area contributed by atoms with Crippen molar-refractivity contribution in [3.63, 3.8) is 0 Å². The van der Waals surface area contributed by atoms with Crippen LogP contribution in [0.3, 0.4) is 0 Å². The molecule has 17 heavy (non-hydrogen) atoms. The van der Waals surface area contributed by atoms with E-state index in [1.165, 1.54) is 11.8 Å². The Morgan fingerprint density at radius 2 is 1.53 bits per heavy atom. The van der Waals surface area contributed by atoms with E-state index in [4.69, 9.17) is 11.6 Å². The number of nitrogens with zero attached hydrogens (tertiary/aromatic N) is 2. The first-order valence-electron chi connectivity index (χ1n) is 5.02. The van der Waals surface area contributed by atoms with Crippen LogP contribution in [0.1, 0.15) is 6.92 Å². The Kier molecular flexibility index (Phi) is 4.24. The normalized spacial score (nSPS) is 19.1. The van der Waals surface area contributed by atoms with Crippen molar-refractivity contribution in [3.8, 4) is 0 Å². The van der Waals surface area contributed by atoms with E-state index in [1.807, 2.05) is 0 Å². The first-order chi connectivity index (χ1) is 7.73. The number of hydrogen-bond donors (Lipinski definition) is 0. The van der Waals surface area contributed by atoms with Crippen LogP contribution in [-0.2, 0) is 9.59 Å². The van der Waals surface area contributed by atoms with Gasteiger partial charge in [0, 0.05) is 26.2 Å². The van der Waals surface area contributed by atoms with Crippen molar-refractivity contribution in [2.24, 2.45) is 0 Å². The molecule has 0 spiro atoms. The molecule has 1 aliphatic heterocycles. The number of rotatable bonds is 1. The molecule has 2 amide bonds. The van der Waals surface area contributed by atoms with Gasteiger partial charge in [-0.05, 0) is 6.92 Å². The molecule has 8 heteroatoms. The second-order valence-electron chi connectivity index (χ2n) is 3.73. The highest BCUT2D eigenvalue weighted by Crippen LogP contribution is 2.19. The molecule has 1 saturated heterocycles. The molecule has 0 bridgehead atoms. The van der Waals surface area contributed by atoms with Crippen LogP contribution in [0.2, 0.25) is 0 Å². The second kappa shape index (κ2) is 5.12. The Balaban J connectivity index is 2.52. The van der Waals surface area contributed by atoms with Crippen LogP contribution >= 0.6 is 11.6 Å². The summed E-state index contributed by atoms with van der Waals surface area (Å²) in [5, 5.41) is -0.708. The minimum Gasteiger partial charge on any atom is -0.338 e. The van der Waals surface area contributed by atoms with Crippen molar-refractivity contribution in [1.82, 2.24) is 9.80 Å². The Hall–Kier alpha value is -0.980. The van der Waals surface area contributed by atoms with Gasteiger partial charge < -0.3 is 9.80 Å². The van der Waals surface area contributed by atoms with Crippen molar-refractivity contribution in [2.45, 2.75) is 18.5 Å². The zero-order chi connectivity index (χ0) is 13.2.